The standard InChI is InChI=1S/C19H28N4OS/c1-4-17-13-22-18(25-17)10-11-21-19(20-3)23-12-15-8-6-7-9-16(15)14-24-5-2/h6-9,13H,4-5,10-12,14H2,1-3H3,(H2,20,21,23). The van der Waals surface area contributed by atoms with Crippen LogP contribution in [0.25, 0.3) is 0 Å². The summed E-state index contributed by atoms with van der Waals surface area (Å²) in [5.41, 5.74) is 2.44. The van der Waals surface area contributed by atoms with Crippen LogP contribution in [0.4, 0.5) is 0 Å². The zero-order valence-corrected chi connectivity index (χ0v) is 16.2. The maximum Gasteiger partial charge on any atom is 0.191 e. The number of hydrogen-bond donors (Lipinski definition) is 2. The fraction of sp³-hybridized carbons (Fsp3) is 0.474. The van der Waals surface area contributed by atoms with Gasteiger partial charge in [-0.15, -0.1) is 11.3 Å². The van der Waals surface area contributed by atoms with Gasteiger partial charge in [-0.05, 0) is 24.5 Å². The van der Waals surface area contributed by atoms with Crippen molar-refractivity contribution in [2.24, 2.45) is 4.99 Å². The van der Waals surface area contributed by atoms with Crippen molar-refractivity contribution in [2.75, 3.05) is 20.2 Å². The molecule has 0 aliphatic rings. The van der Waals surface area contributed by atoms with Crippen molar-refractivity contribution in [2.45, 2.75) is 39.8 Å². The van der Waals surface area contributed by atoms with Gasteiger partial charge < -0.3 is 15.4 Å². The Morgan fingerprint density at radius 1 is 1.20 bits per heavy atom. The monoisotopic (exact) mass is 360 g/mol. The Morgan fingerprint density at radius 2 is 2.00 bits per heavy atom. The van der Waals surface area contributed by atoms with Crippen LogP contribution < -0.4 is 10.6 Å². The summed E-state index contributed by atoms with van der Waals surface area (Å²) in [5.74, 6) is 0.804. The van der Waals surface area contributed by atoms with E-state index in [1.54, 1.807) is 18.4 Å². The molecule has 0 unspecified atom stereocenters. The Labute approximate surface area is 154 Å². The van der Waals surface area contributed by atoms with Crippen molar-refractivity contribution in [3.8, 4) is 0 Å². The number of ether oxygens (including phenoxy) is 1. The van der Waals surface area contributed by atoms with Gasteiger partial charge in [-0.1, -0.05) is 31.2 Å². The quantitative estimate of drug-likeness (QED) is 0.533. The van der Waals surface area contributed by atoms with Gasteiger partial charge in [0.1, 0.15) is 0 Å². The first kappa shape index (κ1) is 19.4. The Morgan fingerprint density at radius 3 is 2.68 bits per heavy atom. The lowest BCUT2D eigenvalue weighted by molar-refractivity contribution is 0.133. The van der Waals surface area contributed by atoms with Crippen LogP contribution in [0.3, 0.4) is 0 Å². The minimum Gasteiger partial charge on any atom is -0.377 e. The summed E-state index contributed by atoms with van der Waals surface area (Å²) in [6.45, 7) is 7.08. The number of aromatic nitrogens is 1. The lowest BCUT2D eigenvalue weighted by Gasteiger charge is -2.14. The van der Waals surface area contributed by atoms with E-state index in [0.29, 0.717) is 6.61 Å². The first-order valence-corrected chi connectivity index (χ1v) is 9.61. The SMILES string of the molecule is CCOCc1ccccc1CNC(=NC)NCCc1ncc(CC)s1. The third-order valence-corrected chi connectivity index (χ3v) is 5.03. The van der Waals surface area contributed by atoms with Crippen molar-refractivity contribution in [1.29, 1.82) is 0 Å². The van der Waals surface area contributed by atoms with Gasteiger partial charge in [-0.2, -0.15) is 0 Å². The Balaban J connectivity index is 1.80. The van der Waals surface area contributed by atoms with E-state index in [1.165, 1.54) is 21.0 Å². The van der Waals surface area contributed by atoms with Gasteiger partial charge in [-0.25, -0.2) is 4.98 Å². The maximum atomic E-state index is 5.54. The predicted octanol–water partition coefficient (Wildman–Crippen LogP) is 3.15. The van der Waals surface area contributed by atoms with Gasteiger partial charge in [0.15, 0.2) is 5.96 Å². The highest BCUT2D eigenvalue weighted by molar-refractivity contribution is 7.11. The molecule has 0 saturated heterocycles. The molecule has 0 amide bonds. The van der Waals surface area contributed by atoms with Crippen LogP contribution in [0.1, 0.15) is 34.9 Å². The molecule has 0 fully saturated rings. The number of aryl methyl sites for hydroxylation is 1. The molecule has 1 aromatic heterocycles. The fourth-order valence-electron chi connectivity index (χ4n) is 2.40. The number of guanidine groups is 1. The summed E-state index contributed by atoms with van der Waals surface area (Å²) in [6.07, 6.45) is 3.93. The second-order valence-corrected chi connectivity index (χ2v) is 6.78. The highest BCUT2D eigenvalue weighted by Gasteiger charge is 2.05. The Hall–Kier alpha value is -1.92. The van der Waals surface area contributed by atoms with E-state index < -0.39 is 0 Å². The van der Waals surface area contributed by atoms with Gasteiger partial charge in [0, 0.05) is 44.2 Å². The minimum absolute atomic E-state index is 0.643. The highest BCUT2D eigenvalue weighted by Crippen LogP contribution is 2.13. The van der Waals surface area contributed by atoms with Crippen LogP contribution in [-0.2, 0) is 30.7 Å². The minimum atomic E-state index is 0.643. The lowest BCUT2D eigenvalue weighted by atomic mass is 10.1. The average molecular weight is 361 g/mol. The molecule has 6 heteroatoms. The topological polar surface area (TPSA) is 58.5 Å². The predicted molar refractivity (Wildman–Crippen MR) is 105 cm³/mol. The van der Waals surface area contributed by atoms with Gasteiger partial charge >= 0.3 is 0 Å². The molecule has 2 N–H and O–H groups in total. The summed E-state index contributed by atoms with van der Waals surface area (Å²) < 4.78 is 5.54. The first-order chi connectivity index (χ1) is 12.3. The molecule has 2 rings (SSSR count). The number of rotatable bonds is 9. The van der Waals surface area contributed by atoms with Crippen LogP contribution in [-0.4, -0.2) is 31.1 Å². The number of nitrogens with one attached hydrogen (secondary N) is 2. The smallest absolute Gasteiger partial charge is 0.191 e. The van der Waals surface area contributed by atoms with Crippen LogP contribution in [0.15, 0.2) is 35.5 Å². The number of benzene rings is 1. The molecule has 2 aromatic rings. The largest absolute Gasteiger partial charge is 0.377 e. The van der Waals surface area contributed by atoms with E-state index in [1.807, 2.05) is 19.2 Å². The lowest BCUT2D eigenvalue weighted by Crippen LogP contribution is -2.38. The fourth-order valence-corrected chi connectivity index (χ4v) is 3.26. The summed E-state index contributed by atoms with van der Waals surface area (Å²) >= 11 is 1.79. The molecule has 1 aromatic carbocycles. The zero-order valence-electron chi connectivity index (χ0n) is 15.3. The molecule has 0 atom stereocenters. The third kappa shape index (κ3) is 6.48. The summed E-state index contributed by atoms with van der Waals surface area (Å²) in [5, 5.41) is 7.89. The van der Waals surface area contributed by atoms with Crippen molar-refractivity contribution in [1.82, 2.24) is 15.6 Å². The molecule has 25 heavy (non-hydrogen) atoms. The molecule has 5 nitrogen and oxygen atoms in total. The first-order valence-electron chi connectivity index (χ1n) is 8.79. The molecule has 136 valence electrons. The van der Waals surface area contributed by atoms with Crippen LogP contribution >= 0.6 is 11.3 Å². The van der Waals surface area contributed by atoms with Crippen LogP contribution in [0, 0.1) is 0 Å². The summed E-state index contributed by atoms with van der Waals surface area (Å²) in [6, 6.07) is 8.33. The van der Waals surface area contributed by atoms with Crippen molar-refractivity contribution >= 4 is 17.3 Å². The number of hydrogen-bond acceptors (Lipinski definition) is 4. The van der Waals surface area contributed by atoms with Crippen molar-refractivity contribution in [3.63, 3.8) is 0 Å². The maximum absolute atomic E-state index is 5.54. The van der Waals surface area contributed by atoms with E-state index in [9.17, 15) is 0 Å². The normalized spacial score (nSPS) is 11.6. The second-order valence-electron chi connectivity index (χ2n) is 5.58. The van der Waals surface area contributed by atoms with Gasteiger partial charge in [0.2, 0.25) is 0 Å². The molecular formula is C19H28N4OS. The summed E-state index contributed by atoms with van der Waals surface area (Å²) in [7, 11) is 1.79. The van der Waals surface area contributed by atoms with Crippen molar-refractivity contribution < 1.29 is 4.74 Å². The number of thiazole rings is 1. The third-order valence-electron chi connectivity index (χ3n) is 3.83. The van der Waals surface area contributed by atoms with E-state index >= 15 is 0 Å². The van der Waals surface area contributed by atoms with E-state index in [-0.39, 0.29) is 0 Å². The molecular weight excluding hydrogens is 332 g/mol. The second kappa shape index (κ2) is 10.8. The average Bonchev–Trinajstić information content (AvgIpc) is 3.11. The van der Waals surface area contributed by atoms with E-state index in [2.05, 4.69) is 45.7 Å². The van der Waals surface area contributed by atoms with Gasteiger partial charge in [0.25, 0.3) is 0 Å². The zero-order chi connectivity index (χ0) is 17.9. The van der Waals surface area contributed by atoms with Crippen LogP contribution in [0.2, 0.25) is 0 Å². The molecule has 0 radical (unpaired) electrons. The molecule has 0 saturated carbocycles. The number of nitrogens with zero attached hydrogens (tertiary/aromatic N) is 2. The molecule has 1 heterocycles. The summed E-state index contributed by atoms with van der Waals surface area (Å²) in [4.78, 5) is 10.1. The van der Waals surface area contributed by atoms with Gasteiger partial charge in [-0.3, -0.25) is 4.99 Å². The Bertz CT molecular complexity index is 669. The molecule has 0 aliphatic carbocycles. The van der Waals surface area contributed by atoms with Crippen molar-refractivity contribution in [3.05, 3.63) is 51.5 Å². The van der Waals surface area contributed by atoms with Crippen LogP contribution in [0.5, 0.6) is 0 Å². The van der Waals surface area contributed by atoms with E-state index in [0.717, 1.165) is 38.5 Å². The molecule has 0 spiro atoms. The Kier molecular flexibility index (Phi) is 8.42. The number of aliphatic imine (C=N–C) groups is 1. The molecule has 0 aliphatic heterocycles. The molecule has 0 bridgehead atoms. The van der Waals surface area contributed by atoms with Gasteiger partial charge in [0.05, 0.1) is 11.6 Å². The van der Waals surface area contributed by atoms with E-state index in [4.69, 9.17) is 4.74 Å². The highest BCUT2D eigenvalue weighted by atomic mass is 32.1.